The fourth-order valence-electron chi connectivity index (χ4n) is 1.77. The first-order chi connectivity index (χ1) is 10.1. The molecule has 21 heavy (non-hydrogen) atoms. The second-order valence-electron chi connectivity index (χ2n) is 4.43. The molecule has 1 heterocycles. The van der Waals surface area contributed by atoms with E-state index < -0.39 is 18.0 Å². The topological polar surface area (TPSA) is 73.9 Å². The van der Waals surface area contributed by atoms with Crippen LogP contribution in [0.15, 0.2) is 30.4 Å². The Morgan fingerprint density at radius 3 is 2.71 bits per heavy atom. The van der Waals surface area contributed by atoms with Gasteiger partial charge in [-0.3, -0.25) is 4.79 Å². The van der Waals surface area contributed by atoms with Gasteiger partial charge >= 0.3 is 5.97 Å². The summed E-state index contributed by atoms with van der Waals surface area (Å²) in [6.45, 7) is 4.19. The minimum atomic E-state index is -0.887. The number of allylic oxidation sites excluding steroid dienone is 1. The highest BCUT2D eigenvalue weighted by atomic mass is 16.6. The van der Waals surface area contributed by atoms with E-state index in [1.54, 1.807) is 31.2 Å². The fraction of sp³-hybridized carbons (Fsp3) is 0.333. The average molecular weight is 291 g/mol. The standard InChI is InChI=1S/C15H17NO5/c1-3-4-14(17)21-10(2)15(18)16-11-5-6-12-13(9-11)20-8-7-19-12/h3-6,9-10H,7-8H2,1-2H3,(H,16,18). The molecule has 0 spiro atoms. The Hall–Kier alpha value is -2.50. The third-order valence-electron chi connectivity index (χ3n) is 2.77. The predicted molar refractivity (Wildman–Crippen MR) is 76.4 cm³/mol. The lowest BCUT2D eigenvalue weighted by atomic mass is 10.2. The van der Waals surface area contributed by atoms with Gasteiger partial charge in [-0.05, 0) is 26.0 Å². The van der Waals surface area contributed by atoms with Crippen molar-refractivity contribution in [3.05, 3.63) is 30.4 Å². The molecule has 1 aromatic carbocycles. The van der Waals surface area contributed by atoms with Crippen LogP contribution in [0.25, 0.3) is 0 Å². The molecule has 6 heteroatoms. The van der Waals surface area contributed by atoms with Crippen molar-refractivity contribution in [1.29, 1.82) is 0 Å². The zero-order valence-corrected chi connectivity index (χ0v) is 11.9. The summed E-state index contributed by atoms with van der Waals surface area (Å²) in [5.74, 6) is 0.260. The van der Waals surface area contributed by atoms with Crippen LogP contribution in [0.5, 0.6) is 11.5 Å². The van der Waals surface area contributed by atoms with Gasteiger partial charge in [-0.1, -0.05) is 6.08 Å². The molecule has 1 N–H and O–H groups in total. The van der Waals surface area contributed by atoms with Gasteiger partial charge < -0.3 is 19.5 Å². The minimum Gasteiger partial charge on any atom is -0.486 e. The molecule has 0 radical (unpaired) electrons. The molecule has 0 aliphatic carbocycles. The van der Waals surface area contributed by atoms with Gasteiger partial charge in [0.05, 0.1) is 0 Å². The Balaban J connectivity index is 1.97. The van der Waals surface area contributed by atoms with Crippen molar-refractivity contribution in [3.63, 3.8) is 0 Å². The third kappa shape index (κ3) is 3.98. The molecule has 0 aromatic heterocycles. The summed E-state index contributed by atoms with van der Waals surface area (Å²) in [7, 11) is 0. The second-order valence-corrected chi connectivity index (χ2v) is 4.43. The third-order valence-corrected chi connectivity index (χ3v) is 2.77. The van der Waals surface area contributed by atoms with Crippen LogP contribution in [0.4, 0.5) is 5.69 Å². The predicted octanol–water partition coefficient (Wildman–Crippen LogP) is 1.90. The maximum Gasteiger partial charge on any atom is 0.331 e. The van der Waals surface area contributed by atoms with Crippen molar-refractivity contribution < 1.29 is 23.8 Å². The molecular formula is C15H17NO5. The first-order valence-corrected chi connectivity index (χ1v) is 6.64. The SMILES string of the molecule is CC=CC(=O)OC(C)C(=O)Nc1ccc2c(c1)OCCO2. The lowest BCUT2D eigenvalue weighted by molar-refractivity contribution is -0.148. The number of fused-ring (bicyclic) bond motifs is 1. The minimum absolute atomic E-state index is 0.412. The van der Waals surface area contributed by atoms with E-state index in [1.807, 2.05) is 0 Å². The molecule has 6 nitrogen and oxygen atoms in total. The number of nitrogens with one attached hydrogen (secondary N) is 1. The summed E-state index contributed by atoms with van der Waals surface area (Å²) >= 11 is 0. The van der Waals surface area contributed by atoms with E-state index >= 15 is 0 Å². The van der Waals surface area contributed by atoms with Crippen molar-refractivity contribution in [1.82, 2.24) is 0 Å². The second kappa shape index (κ2) is 6.78. The van der Waals surface area contributed by atoms with E-state index in [1.165, 1.54) is 13.0 Å². The number of rotatable bonds is 4. The smallest absolute Gasteiger partial charge is 0.331 e. The van der Waals surface area contributed by atoms with Gasteiger partial charge in [0, 0.05) is 17.8 Å². The molecule has 0 saturated carbocycles. The first kappa shape index (κ1) is 14.9. The zero-order valence-electron chi connectivity index (χ0n) is 11.9. The van der Waals surface area contributed by atoms with Crippen LogP contribution in [-0.2, 0) is 14.3 Å². The molecule has 1 unspecified atom stereocenters. The van der Waals surface area contributed by atoms with E-state index in [0.717, 1.165) is 0 Å². The van der Waals surface area contributed by atoms with Crippen LogP contribution in [0.3, 0.4) is 0 Å². The average Bonchev–Trinajstić information content (AvgIpc) is 2.47. The van der Waals surface area contributed by atoms with Gasteiger partial charge in [0.1, 0.15) is 13.2 Å². The van der Waals surface area contributed by atoms with Gasteiger partial charge in [0.15, 0.2) is 17.6 Å². The summed E-state index contributed by atoms with van der Waals surface area (Å²) in [6.07, 6.45) is 1.92. The largest absolute Gasteiger partial charge is 0.486 e. The molecule has 1 aromatic rings. The van der Waals surface area contributed by atoms with Gasteiger partial charge in [-0.2, -0.15) is 0 Å². The number of carbonyl (C=O) groups is 2. The van der Waals surface area contributed by atoms with Crippen LogP contribution < -0.4 is 14.8 Å². The van der Waals surface area contributed by atoms with Gasteiger partial charge in [0.2, 0.25) is 0 Å². The van der Waals surface area contributed by atoms with Gasteiger partial charge in [-0.25, -0.2) is 4.79 Å². The summed E-state index contributed by atoms with van der Waals surface area (Å²) in [5, 5.41) is 2.66. The maximum absolute atomic E-state index is 11.9. The Labute approximate surface area is 122 Å². The van der Waals surface area contributed by atoms with Crippen LogP contribution in [-0.4, -0.2) is 31.2 Å². The van der Waals surface area contributed by atoms with Crippen molar-refractivity contribution >= 4 is 17.6 Å². The van der Waals surface area contributed by atoms with Gasteiger partial charge in [0.25, 0.3) is 5.91 Å². The molecule has 1 atom stereocenters. The number of hydrogen-bond donors (Lipinski definition) is 1. The molecule has 112 valence electrons. The van der Waals surface area contributed by atoms with Crippen LogP contribution in [0.2, 0.25) is 0 Å². The van der Waals surface area contributed by atoms with Crippen molar-refractivity contribution in [2.45, 2.75) is 20.0 Å². The number of hydrogen-bond acceptors (Lipinski definition) is 5. The Morgan fingerprint density at radius 2 is 2.00 bits per heavy atom. The summed E-state index contributed by atoms with van der Waals surface area (Å²) in [4.78, 5) is 23.2. The Kier molecular flexibility index (Phi) is 4.81. The van der Waals surface area contributed by atoms with Crippen molar-refractivity contribution in [2.24, 2.45) is 0 Å². The van der Waals surface area contributed by atoms with Crippen LogP contribution in [0.1, 0.15) is 13.8 Å². The molecule has 0 fully saturated rings. The molecule has 1 aliphatic rings. The number of amides is 1. The quantitative estimate of drug-likeness (QED) is 0.677. The lowest BCUT2D eigenvalue weighted by Crippen LogP contribution is -2.29. The van der Waals surface area contributed by atoms with E-state index in [0.29, 0.717) is 30.4 Å². The number of benzene rings is 1. The number of ether oxygens (including phenoxy) is 3. The lowest BCUT2D eigenvalue weighted by Gasteiger charge is -2.19. The summed E-state index contributed by atoms with van der Waals surface area (Å²) in [6, 6.07) is 5.10. The highest BCUT2D eigenvalue weighted by Gasteiger charge is 2.18. The highest BCUT2D eigenvalue weighted by Crippen LogP contribution is 2.32. The molecule has 2 rings (SSSR count). The fourth-order valence-corrected chi connectivity index (χ4v) is 1.77. The highest BCUT2D eigenvalue weighted by molar-refractivity contribution is 5.96. The van der Waals surface area contributed by atoms with E-state index in [4.69, 9.17) is 14.2 Å². The molecule has 0 saturated heterocycles. The molecule has 1 amide bonds. The van der Waals surface area contributed by atoms with Gasteiger partial charge in [-0.15, -0.1) is 0 Å². The number of carbonyl (C=O) groups excluding carboxylic acids is 2. The Morgan fingerprint density at radius 1 is 1.29 bits per heavy atom. The Bertz CT molecular complexity index is 567. The number of anilines is 1. The number of esters is 1. The van der Waals surface area contributed by atoms with E-state index in [-0.39, 0.29) is 0 Å². The van der Waals surface area contributed by atoms with Crippen molar-refractivity contribution in [2.75, 3.05) is 18.5 Å². The zero-order chi connectivity index (χ0) is 15.2. The normalized spacial score (nSPS) is 14.6. The first-order valence-electron chi connectivity index (χ1n) is 6.64. The van der Waals surface area contributed by atoms with Crippen LogP contribution >= 0.6 is 0 Å². The van der Waals surface area contributed by atoms with E-state index in [2.05, 4.69) is 5.32 Å². The molecule has 0 bridgehead atoms. The maximum atomic E-state index is 11.9. The molecular weight excluding hydrogens is 274 g/mol. The van der Waals surface area contributed by atoms with E-state index in [9.17, 15) is 9.59 Å². The monoisotopic (exact) mass is 291 g/mol. The summed E-state index contributed by atoms with van der Waals surface area (Å²) in [5.41, 5.74) is 0.554. The van der Waals surface area contributed by atoms with Crippen molar-refractivity contribution in [3.8, 4) is 11.5 Å². The summed E-state index contributed by atoms with van der Waals surface area (Å²) < 4.78 is 15.8. The van der Waals surface area contributed by atoms with Crippen LogP contribution in [0, 0.1) is 0 Å². The molecule has 1 aliphatic heterocycles.